The summed E-state index contributed by atoms with van der Waals surface area (Å²) in [5, 5.41) is 0. The van der Waals surface area contributed by atoms with Crippen molar-refractivity contribution >= 4 is 6.29 Å². The average Bonchev–Trinajstić information content (AvgIpc) is 2.78. The number of hydrogen-bond acceptors (Lipinski definition) is 4. The third-order valence-electron chi connectivity index (χ3n) is 3.40. The minimum atomic E-state index is 0.682. The van der Waals surface area contributed by atoms with Gasteiger partial charge in [-0.25, -0.2) is 4.98 Å². The molecule has 0 spiro atoms. The van der Waals surface area contributed by atoms with Gasteiger partial charge in [0.2, 0.25) is 0 Å². The summed E-state index contributed by atoms with van der Waals surface area (Å²) in [7, 11) is 0. The summed E-state index contributed by atoms with van der Waals surface area (Å²) in [4.78, 5) is 21.8. The fraction of sp³-hybridized carbons (Fsp3) is 0.357. The molecule has 3 rings (SSSR count). The standard InChI is InChI=1S/C14H16N4O/c19-11-12-2-3-15-13(8-12)9-17-5-1-6-18-7-4-16-14(18)10-17/h2-4,7-8,11H,1,5-6,9-10H2. The van der Waals surface area contributed by atoms with E-state index in [-0.39, 0.29) is 0 Å². The Morgan fingerprint density at radius 3 is 3.11 bits per heavy atom. The number of aryl methyl sites for hydroxylation is 1. The van der Waals surface area contributed by atoms with E-state index in [9.17, 15) is 4.79 Å². The van der Waals surface area contributed by atoms with Crippen LogP contribution < -0.4 is 0 Å². The van der Waals surface area contributed by atoms with Crippen molar-refractivity contribution in [3.05, 3.63) is 47.8 Å². The van der Waals surface area contributed by atoms with Crippen molar-refractivity contribution in [2.24, 2.45) is 0 Å². The Kier molecular flexibility index (Phi) is 3.37. The number of fused-ring (bicyclic) bond motifs is 1. The first-order chi connectivity index (χ1) is 9.35. The predicted octanol–water partition coefficient (Wildman–Crippen LogP) is 1.50. The normalized spacial score (nSPS) is 15.8. The fourth-order valence-corrected chi connectivity index (χ4v) is 2.46. The van der Waals surface area contributed by atoms with Gasteiger partial charge in [-0.2, -0.15) is 0 Å². The summed E-state index contributed by atoms with van der Waals surface area (Å²) in [6, 6.07) is 3.58. The maximum absolute atomic E-state index is 10.8. The molecule has 0 atom stereocenters. The summed E-state index contributed by atoms with van der Waals surface area (Å²) in [5.74, 6) is 1.10. The van der Waals surface area contributed by atoms with E-state index in [0.717, 1.165) is 50.4 Å². The lowest BCUT2D eigenvalue weighted by Gasteiger charge is -2.18. The van der Waals surface area contributed by atoms with Crippen LogP contribution in [0.2, 0.25) is 0 Å². The van der Waals surface area contributed by atoms with Crippen LogP contribution in [-0.2, 0) is 19.6 Å². The second-order valence-electron chi connectivity index (χ2n) is 4.80. The molecule has 0 N–H and O–H groups in total. The zero-order valence-electron chi connectivity index (χ0n) is 10.7. The lowest BCUT2D eigenvalue weighted by Crippen LogP contribution is -2.23. The first kappa shape index (κ1) is 12.0. The van der Waals surface area contributed by atoms with Gasteiger partial charge >= 0.3 is 0 Å². The molecule has 1 aliphatic rings. The molecule has 0 aromatic carbocycles. The van der Waals surface area contributed by atoms with Crippen molar-refractivity contribution in [1.29, 1.82) is 0 Å². The van der Waals surface area contributed by atoms with Crippen LogP contribution in [0.25, 0.3) is 0 Å². The third kappa shape index (κ3) is 2.71. The SMILES string of the molecule is O=Cc1ccnc(CN2CCCn3ccnc3C2)c1. The zero-order chi connectivity index (χ0) is 13.1. The van der Waals surface area contributed by atoms with E-state index in [1.54, 1.807) is 12.3 Å². The second-order valence-corrected chi connectivity index (χ2v) is 4.80. The molecular formula is C14H16N4O. The Morgan fingerprint density at radius 2 is 2.21 bits per heavy atom. The molecule has 0 amide bonds. The maximum atomic E-state index is 10.8. The van der Waals surface area contributed by atoms with Crippen molar-refractivity contribution < 1.29 is 4.79 Å². The van der Waals surface area contributed by atoms with Gasteiger partial charge in [-0.3, -0.25) is 14.7 Å². The molecule has 0 saturated carbocycles. The molecule has 0 bridgehead atoms. The molecular weight excluding hydrogens is 240 g/mol. The van der Waals surface area contributed by atoms with Crippen LogP contribution in [0, 0.1) is 0 Å². The highest BCUT2D eigenvalue weighted by Gasteiger charge is 2.15. The molecule has 0 aliphatic carbocycles. The minimum Gasteiger partial charge on any atom is -0.334 e. The van der Waals surface area contributed by atoms with Gasteiger partial charge in [-0.15, -0.1) is 0 Å². The third-order valence-corrected chi connectivity index (χ3v) is 3.40. The molecule has 2 aromatic rings. The molecule has 19 heavy (non-hydrogen) atoms. The highest BCUT2D eigenvalue weighted by Crippen LogP contribution is 2.13. The zero-order valence-corrected chi connectivity index (χ0v) is 10.7. The van der Waals surface area contributed by atoms with Gasteiger partial charge in [0.15, 0.2) is 0 Å². The fourth-order valence-electron chi connectivity index (χ4n) is 2.46. The van der Waals surface area contributed by atoms with Crippen LogP contribution in [0.1, 0.15) is 28.3 Å². The molecule has 5 nitrogen and oxygen atoms in total. The quantitative estimate of drug-likeness (QED) is 0.781. The van der Waals surface area contributed by atoms with Crippen LogP contribution in [0.3, 0.4) is 0 Å². The molecule has 0 radical (unpaired) electrons. The Morgan fingerprint density at radius 1 is 1.26 bits per heavy atom. The van der Waals surface area contributed by atoms with E-state index >= 15 is 0 Å². The van der Waals surface area contributed by atoms with E-state index in [2.05, 4.69) is 19.4 Å². The van der Waals surface area contributed by atoms with Gasteiger partial charge in [0, 0.05) is 43.8 Å². The van der Waals surface area contributed by atoms with Crippen LogP contribution in [-0.4, -0.2) is 32.3 Å². The molecule has 0 unspecified atom stereocenters. The van der Waals surface area contributed by atoms with Crippen molar-refractivity contribution in [3.8, 4) is 0 Å². The second kappa shape index (κ2) is 5.32. The number of aromatic nitrogens is 3. The molecule has 0 saturated heterocycles. The molecule has 3 heterocycles. The first-order valence-electron chi connectivity index (χ1n) is 6.47. The largest absolute Gasteiger partial charge is 0.334 e. The van der Waals surface area contributed by atoms with Crippen LogP contribution in [0.15, 0.2) is 30.7 Å². The Bertz CT molecular complexity index is 578. The number of carbonyl (C=O) groups is 1. The van der Waals surface area contributed by atoms with Gasteiger partial charge in [0.25, 0.3) is 0 Å². The molecule has 5 heteroatoms. The van der Waals surface area contributed by atoms with E-state index in [0.29, 0.717) is 5.56 Å². The van der Waals surface area contributed by atoms with Crippen LogP contribution in [0.4, 0.5) is 0 Å². The smallest absolute Gasteiger partial charge is 0.150 e. The number of aldehydes is 1. The number of pyridine rings is 1. The number of imidazole rings is 1. The maximum Gasteiger partial charge on any atom is 0.150 e. The monoisotopic (exact) mass is 256 g/mol. The van der Waals surface area contributed by atoms with Gasteiger partial charge in [-0.1, -0.05) is 0 Å². The van der Waals surface area contributed by atoms with Crippen molar-refractivity contribution in [3.63, 3.8) is 0 Å². The summed E-state index contributed by atoms with van der Waals surface area (Å²) in [6.45, 7) is 3.64. The Labute approximate surface area is 111 Å². The number of carbonyl (C=O) groups excluding carboxylic acids is 1. The van der Waals surface area contributed by atoms with Crippen molar-refractivity contribution in [2.45, 2.75) is 26.1 Å². The highest BCUT2D eigenvalue weighted by molar-refractivity contribution is 5.74. The molecule has 98 valence electrons. The Hall–Kier alpha value is -2.01. The predicted molar refractivity (Wildman–Crippen MR) is 70.6 cm³/mol. The van der Waals surface area contributed by atoms with Crippen molar-refractivity contribution in [2.75, 3.05) is 6.54 Å². The number of rotatable bonds is 3. The summed E-state index contributed by atoms with van der Waals surface area (Å²) < 4.78 is 2.20. The lowest BCUT2D eigenvalue weighted by molar-refractivity contribution is 0.112. The van der Waals surface area contributed by atoms with Gasteiger partial charge in [0.05, 0.1) is 12.2 Å². The molecule has 2 aromatic heterocycles. The lowest BCUT2D eigenvalue weighted by atomic mass is 10.2. The summed E-state index contributed by atoms with van der Waals surface area (Å²) >= 11 is 0. The highest BCUT2D eigenvalue weighted by atomic mass is 16.1. The van der Waals surface area contributed by atoms with Crippen LogP contribution >= 0.6 is 0 Å². The summed E-state index contributed by atoms with van der Waals surface area (Å²) in [6.07, 6.45) is 7.54. The van der Waals surface area contributed by atoms with Gasteiger partial charge in [0.1, 0.15) is 12.1 Å². The average molecular weight is 256 g/mol. The van der Waals surface area contributed by atoms with Crippen molar-refractivity contribution in [1.82, 2.24) is 19.4 Å². The minimum absolute atomic E-state index is 0.682. The van der Waals surface area contributed by atoms with E-state index in [1.165, 1.54) is 0 Å². The van der Waals surface area contributed by atoms with E-state index < -0.39 is 0 Å². The molecule has 0 fully saturated rings. The summed E-state index contributed by atoms with van der Waals surface area (Å²) in [5.41, 5.74) is 1.62. The van der Waals surface area contributed by atoms with Crippen LogP contribution in [0.5, 0.6) is 0 Å². The van der Waals surface area contributed by atoms with E-state index in [4.69, 9.17) is 0 Å². The first-order valence-corrected chi connectivity index (χ1v) is 6.47. The topological polar surface area (TPSA) is 51.0 Å². The van der Waals surface area contributed by atoms with E-state index in [1.807, 2.05) is 18.5 Å². The Balaban J connectivity index is 1.74. The number of hydrogen-bond donors (Lipinski definition) is 0. The number of nitrogens with zero attached hydrogens (tertiary/aromatic N) is 4. The van der Waals surface area contributed by atoms with Gasteiger partial charge < -0.3 is 4.57 Å². The van der Waals surface area contributed by atoms with Gasteiger partial charge in [-0.05, 0) is 18.6 Å². The molecule has 1 aliphatic heterocycles.